The van der Waals surface area contributed by atoms with Gasteiger partial charge in [-0.05, 0) is 63.4 Å². The van der Waals surface area contributed by atoms with Crippen LogP contribution in [0.1, 0.15) is 32.6 Å². The van der Waals surface area contributed by atoms with Gasteiger partial charge in [-0.2, -0.15) is 0 Å². The van der Waals surface area contributed by atoms with E-state index in [2.05, 4.69) is 56.1 Å². The van der Waals surface area contributed by atoms with E-state index in [1.54, 1.807) is 30.6 Å². The highest BCUT2D eigenvalue weighted by atomic mass is 32.1. The molecule has 0 spiro atoms. The highest BCUT2D eigenvalue weighted by Gasteiger charge is 2.14. The molecule has 1 N–H and O–H groups in total. The topological polar surface area (TPSA) is 50.8 Å². The molecule has 32 heavy (non-hydrogen) atoms. The molecule has 0 radical (unpaired) electrons. The van der Waals surface area contributed by atoms with Crippen molar-refractivity contribution in [1.29, 1.82) is 0 Å². The molecule has 2 aromatic carbocycles. The highest BCUT2D eigenvalue weighted by Crippen LogP contribution is 2.30. The number of nitrogens with zero attached hydrogens (tertiary/aromatic N) is 1. The fourth-order valence-corrected chi connectivity index (χ4v) is 4.63. The number of thiophene rings is 1. The van der Waals surface area contributed by atoms with E-state index < -0.39 is 0 Å². The third-order valence-electron chi connectivity index (χ3n) is 5.21. The number of nitrogens with one attached hydrogen (secondary N) is 1. The third-order valence-corrected chi connectivity index (χ3v) is 6.29. The monoisotopic (exact) mass is 452 g/mol. The number of carbonyl (C=O) groups excluding carboxylic acids is 1. The molecule has 170 valence electrons. The highest BCUT2D eigenvalue weighted by molar-refractivity contribution is 7.19. The van der Waals surface area contributed by atoms with Crippen LogP contribution in [0.4, 0.5) is 5.69 Å². The summed E-state index contributed by atoms with van der Waals surface area (Å²) >= 11 is 1.66. The second kappa shape index (κ2) is 11.2. The van der Waals surface area contributed by atoms with Crippen molar-refractivity contribution in [3.05, 3.63) is 59.5 Å². The summed E-state index contributed by atoms with van der Waals surface area (Å²) in [5.74, 6) is 1.07. The number of hydrogen-bond donors (Lipinski definition) is 1. The molecule has 6 heteroatoms. The molecule has 3 rings (SSSR count). The van der Waals surface area contributed by atoms with Crippen LogP contribution in [-0.2, 0) is 4.79 Å². The van der Waals surface area contributed by atoms with Gasteiger partial charge < -0.3 is 14.8 Å². The van der Waals surface area contributed by atoms with Crippen LogP contribution >= 0.6 is 11.3 Å². The lowest BCUT2D eigenvalue weighted by molar-refractivity contribution is -0.111. The van der Waals surface area contributed by atoms with Crippen molar-refractivity contribution in [2.75, 3.05) is 25.6 Å². The third kappa shape index (κ3) is 6.34. The first-order valence-corrected chi connectivity index (χ1v) is 11.7. The molecule has 0 bridgehead atoms. The maximum Gasteiger partial charge on any atom is 0.248 e. The summed E-state index contributed by atoms with van der Waals surface area (Å²) in [6, 6.07) is 16.6. The molecule has 0 atom stereocenters. The first-order valence-electron chi connectivity index (χ1n) is 10.9. The largest absolute Gasteiger partial charge is 0.493 e. The molecule has 0 aliphatic carbocycles. The Balaban J connectivity index is 1.62. The van der Waals surface area contributed by atoms with E-state index in [-0.39, 0.29) is 5.91 Å². The summed E-state index contributed by atoms with van der Waals surface area (Å²) in [4.78, 5) is 15.9. The van der Waals surface area contributed by atoms with E-state index >= 15 is 0 Å². The van der Waals surface area contributed by atoms with Gasteiger partial charge in [-0.1, -0.05) is 18.2 Å². The molecule has 3 aromatic rings. The van der Waals surface area contributed by atoms with Crippen molar-refractivity contribution in [2.45, 2.75) is 39.8 Å². The van der Waals surface area contributed by atoms with E-state index in [0.29, 0.717) is 35.9 Å². The van der Waals surface area contributed by atoms with E-state index in [4.69, 9.17) is 9.47 Å². The van der Waals surface area contributed by atoms with E-state index in [1.165, 1.54) is 10.1 Å². The van der Waals surface area contributed by atoms with Crippen LogP contribution in [0.25, 0.3) is 16.2 Å². The average Bonchev–Trinajstić information content (AvgIpc) is 3.18. The number of fused-ring (bicyclic) bond motifs is 1. The fourth-order valence-electron chi connectivity index (χ4n) is 3.67. The smallest absolute Gasteiger partial charge is 0.248 e. The van der Waals surface area contributed by atoms with Gasteiger partial charge in [-0.3, -0.25) is 9.69 Å². The number of rotatable bonds is 10. The lowest BCUT2D eigenvalue weighted by atomic mass is 10.2. The van der Waals surface area contributed by atoms with Crippen LogP contribution in [0.2, 0.25) is 0 Å². The van der Waals surface area contributed by atoms with Crippen molar-refractivity contribution in [3.63, 3.8) is 0 Å². The summed E-state index contributed by atoms with van der Waals surface area (Å²) in [5.41, 5.74) is 0.663. The van der Waals surface area contributed by atoms with Crippen molar-refractivity contribution < 1.29 is 14.3 Å². The first-order chi connectivity index (χ1) is 15.4. The molecule has 0 saturated heterocycles. The second-order valence-electron chi connectivity index (χ2n) is 8.15. The summed E-state index contributed by atoms with van der Waals surface area (Å²) in [5, 5.41) is 4.09. The lowest BCUT2D eigenvalue weighted by Crippen LogP contribution is -2.39. The maximum atomic E-state index is 12.4. The molecule has 5 nitrogen and oxygen atoms in total. The quantitative estimate of drug-likeness (QED) is 0.380. The molecular weight excluding hydrogens is 420 g/mol. The number of anilines is 1. The SMILES string of the molecule is COc1ccc(NC(=O)C=Cc2cc3ccccc3s2)cc1OCCN(C(C)C)C(C)C. The van der Waals surface area contributed by atoms with Crippen LogP contribution in [-0.4, -0.2) is 43.2 Å². The minimum atomic E-state index is -0.190. The molecule has 1 aromatic heterocycles. The fraction of sp³-hybridized carbons (Fsp3) is 0.346. The average molecular weight is 453 g/mol. The summed E-state index contributed by atoms with van der Waals surface area (Å²) in [7, 11) is 1.61. The Bertz CT molecular complexity index is 1030. The molecule has 1 amide bonds. The molecule has 0 fully saturated rings. The molecule has 0 aliphatic heterocycles. The van der Waals surface area contributed by atoms with Crippen molar-refractivity contribution >= 4 is 39.1 Å². The predicted octanol–water partition coefficient (Wildman–Crippen LogP) is 6.06. The molecule has 0 aliphatic rings. The zero-order chi connectivity index (χ0) is 23.1. The van der Waals surface area contributed by atoms with Gasteiger partial charge in [0.1, 0.15) is 6.61 Å². The number of hydrogen-bond acceptors (Lipinski definition) is 5. The Hall–Kier alpha value is -2.83. The van der Waals surface area contributed by atoms with Crippen LogP contribution in [0, 0.1) is 0 Å². The van der Waals surface area contributed by atoms with Crippen molar-refractivity contribution in [2.24, 2.45) is 0 Å². The number of carbonyl (C=O) groups is 1. The van der Waals surface area contributed by atoms with Crippen LogP contribution in [0.5, 0.6) is 11.5 Å². The van der Waals surface area contributed by atoms with E-state index in [1.807, 2.05) is 30.3 Å². The van der Waals surface area contributed by atoms with Crippen molar-refractivity contribution in [1.82, 2.24) is 4.90 Å². The zero-order valence-corrected chi connectivity index (χ0v) is 20.2. The Morgan fingerprint density at radius 1 is 1.06 bits per heavy atom. The van der Waals surface area contributed by atoms with Gasteiger partial charge in [0.15, 0.2) is 11.5 Å². The summed E-state index contributed by atoms with van der Waals surface area (Å²) in [6.45, 7) is 10.1. The van der Waals surface area contributed by atoms with Crippen LogP contribution < -0.4 is 14.8 Å². The van der Waals surface area contributed by atoms with Gasteiger partial charge in [-0.25, -0.2) is 0 Å². The Morgan fingerprint density at radius 2 is 1.81 bits per heavy atom. The van der Waals surface area contributed by atoms with Crippen LogP contribution in [0.15, 0.2) is 54.6 Å². The minimum absolute atomic E-state index is 0.190. The maximum absolute atomic E-state index is 12.4. The molecule has 1 heterocycles. The number of amides is 1. The molecule has 0 unspecified atom stereocenters. The number of methoxy groups -OCH3 is 1. The van der Waals surface area contributed by atoms with Gasteiger partial charge >= 0.3 is 0 Å². The Kier molecular flexibility index (Phi) is 8.31. The van der Waals surface area contributed by atoms with Gasteiger partial charge in [0.2, 0.25) is 5.91 Å². The predicted molar refractivity (Wildman–Crippen MR) is 135 cm³/mol. The standard InChI is InChI=1S/C26H32N2O3S/c1-18(2)28(19(3)4)14-15-31-24-17-21(10-12-23(24)30-5)27-26(29)13-11-22-16-20-8-6-7-9-25(20)32-22/h6-13,16-19H,14-15H2,1-5H3,(H,27,29). The minimum Gasteiger partial charge on any atom is -0.493 e. The van der Waals surface area contributed by atoms with E-state index in [0.717, 1.165) is 11.4 Å². The van der Waals surface area contributed by atoms with Gasteiger partial charge in [-0.15, -0.1) is 11.3 Å². The Labute approximate surface area is 194 Å². The van der Waals surface area contributed by atoms with Gasteiger partial charge in [0.25, 0.3) is 0 Å². The van der Waals surface area contributed by atoms with Gasteiger partial charge in [0.05, 0.1) is 7.11 Å². The first kappa shape index (κ1) is 23.8. The molecule has 0 saturated carbocycles. The van der Waals surface area contributed by atoms with Crippen molar-refractivity contribution in [3.8, 4) is 11.5 Å². The normalized spacial score (nSPS) is 11.8. The zero-order valence-electron chi connectivity index (χ0n) is 19.4. The van der Waals surface area contributed by atoms with Gasteiger partial charge in [0, 0.05) is 46.0 Å². The Morgan fingerprint density at radius 3 is 2.50 bits per heavy atom. The second-order valence-corrected chi connectivity index (χ2v) is 9.26. The number of ether oxygens (including phenoxy) is 2. The van der Waals surface area contributed by atoms with Crippen LogP contribution in [0.3, 0.4) is 0 Å². The summed E-state index contributed by atoms with van der Waals surface area (Å²) < 4.78 is 12.6. The lowest BCUT2D eigenvalue weighted by Gasteiger charge is -2.30. The summed E-state index contributed by atoms with van der Waals surface area (Å²) in [6.07, 6.45) is 3.39. The van der Waals surface area contributed by atoms with E-state index in [9.17, 15) is 4.79 Å². The number of benzene rings is 2. The molecular formula is C26H32N2O3S.